The van der Waals surface area contributed by atoms with Crippen LogP contribution in [-0.4, -0.2) is 35.7 Å². The number of nitrogens with zero attached hydrogens (tertiary/aromatic N) is 2. The second-order valence-corrected chi connectivity index (χ2v) is 7.66. The molecule has 0 spiro atoms. The molecule has 0 aliphatic heterocycles. The molecule has 1 heterocycles. The Hall–Kier alpha value is -1.81. The van der Waals surface area contributed by atoms with Crippen LogP contribution in [0.3, 0.4) is 0 Å². The number of halogens is 2. The molecule has 1 aromatic heterocycles. The Morgan fingerprint density at radius 3 is 2.27 bits per heavy atom. The second kappa shape index (κ2) is 8.26. The first kappa shape index (κ1) is 19.0. The minimum Gasteiger partial charge on any atom is -0.309 e. The normalized spacial score (nSPS) is 12.5. The van der Waals surface area contributed by atoms with Crippen molar-refractivity contribution in [2.45, 2.75) is 19.3 Å². The first-order chi connectivity index (χ1) is 12.5. The third-order valence-corrected chi connectivity index (χ3v) is 5.40. The minimum absolute atomic E-state index is 0.270. The van der Waals surface area contributed by atoms with E-state index in [0.29, 0.717) is 10.0 Å². The molecule has 3 rings (SSSR count). The third-order valence-electron chi connectivity index (χ3n) is 4.66. The van der Waals surface area contributed by atoms with E-state index < -0.39 is 0 Å². The van der Waals surface area contributed by atoms with Crippen LogP contribution in [0.25, 0.3) is 11.1 Å². The fourth-order valence-corrected chi connectivity index (χ4v) is 3.49. The fraction of sp³-hybridized carbons (Fsp3) is 0.286. The lowest BCUT2D eigenvalue weighted by Gasteiger charge is -2.21. The summed E-state index contributed by atoms with van der Waals surface area (Å²) in [6, 6.07) is 14.7. The van der Waals surface area contributed by atoms with Gasteiger partial charge in [-0.2, -0.15) is 5.10 Å². The molecular formula is C21H23Cl2N3. The van der Waals surface area contributed by atoms with Crippen LogP contribution in [-0.2, 0) is 0 Å². The molecule has 0 amide bonds. The quantitative estimate of drug-likeness (QED) is 0.581. The number of aromatic amines is 1. The first-order valence-corrected chi connectivity index (χ1v) is 9.41. The van der Waals surface area contributed by atoms with Crippen molar-refractivity contribution < 1.29 is 0 Å². The van der Waals surface area contributed by atoms with Crippen LogP contribution in [0.4, 0.5) is 0 Å². The molecule has 3 nitrogen and oxygen atoms in total. The first-order valence-electron chi connectivity index (χ1n) is 8.65. The molecule has 0 aliphatic carbocycles. The number of rotatable bonds is 6. The highest BCUT2D eigenvalue weighted by Crippen LogP contribution is 2.33. The van der Waals surface area contributed by atoms with Crippen molar-refractivity contribution in [3.8, 4) is 11.1 Å². The van der Waals surface area contributed by atoms with Crippen molar-refractivity contribution in [3.05, 3.63) is 75.5 Å². The van der Waals surface area contributed by atoms with E-state index in [9.17, 15) is 0 Å². The molecule has 0 bridgehead atoms. The molecule has 5 heteroatoms. The van der Waals surface area contributed by atoms with Crippen molar-refractivity contribution in [1.29, 1.82) is 0 Å². The summed E-state index contributed by atoms with van der Waals surface area (Å²) in [5.74, 6) is 0.270. The van der Waals surface area contributed by atoms with Crippen LogP contribution < -0.4 is 0 Å². The molecule has 0 saturated carbocycles. The summed E-state index contributed by atoms with van der Waals surface area (Å²) in [7, 11) is 4.19. The highest BCUT2D eigenvalue weighted by molar-refractivity contribution is 6.42. The van der Waals surface area contributed by atoms with Crippen LogP contribution in [0, 0.1) is 6.92 Å². The molecule has 136 valence electrons. The van der Waals surface area contributed by atoms with Gasteiger partial charge in [0.15, 0.2) is 0 Å². The molecule has 0 fully saturated rings. The highest BCUT2D eigenvalue weighted by Gasteiger charge is 2.16. The van der Waals surface area contributed by atoms with E-state index in [1.165, 1.54) is 16.7 Å². The molecule has 1 unspecified atom stereocenters. The van der Waals surface area contributed by atoms with Gasteiger partial charge in [-0.3, -0.25) is 5.10 Å². The molecule has 1 atom stereocenters. The zero-order valence-electron chi connectivity index (χ0n) is 15.3. The van der Waals surface area contributed by atoms with Crippen LogP contribution in [0.5, 0.6) is 0 Å². The van der Waals surface area contributed by atoms with Gasteiger partial charge in [0.1, 0.15) is 0 Å². The van der Waals surface area contributed by atoms with E-state index in [0.717, 1.165) is 24.2 Å². The number of aromatic nitrogens is 2. The molecule has 26 heavy (non-hydrogen) atoms. The summed E-state index contributed by atoms with van der Waals surface area (Å²) in [5, 5.41) is 8.30. The van der Waals surface area contributed by atoms with Crippen molar-refractivity contribution in [3.63, 3.8) is 0 Å². The lowest BCUT2D eigenvalue weighted by atomic mass is 9.87. The molecule has 1 N–H and O–H groups in total. The van der Waals surface area contributed by atoms with Crippen molar-refractivity contribution in [2.75, 3.05) is 20.6 Å². The van der Waals surface area contributed by atoms with Gasteiger partial charge in [-0.1, -0.05) is 53.5 Å². The van der Waals surface area contributed by atoms with Gasteiger partial charge in [0.05, 0.1) is 16.2 Å². The van der Waals surface area contributed by atoms with E-state index >= 15 is 0 Å². The molecule has 0 radical (unpaired) electrons. The Bertz CT molecular complexity index is 869. The summed E-state index contributed by atoms with van der Waals surface area (Å²) in [5.41, 5.74) is 5.84. The maximum atomic E-state index is 6.27. The summed E-state index contributed by atoms with van der Waals surface area (Å²) in [4.78, 5) is 2.20. The Morgan fingerprint density at radius 1 is 1.00 bits per heavy atom. The Labute approximate surface area is 164 Å². The van der Waals surface area contributed by atoms with Gasteiger partial charge in [0.25, 0.3) is 0 Å². The Kier molecular flexibility index (Phi) is 6.02. The number of aryl methyl sites for hydroxylation is 1. The van der Waals surface area contributed by atoms with Crippen LogP contribution in [0.15, 0.2) is 48.7 Å². The zero-order chi connectivity index (χ0) is 18.7. The van der Waals surface area contributed by atoms with E-state index in [2.05, 4.69) is 59.5 Å². The topological polar surface area (TPSA) is 31.9 Å². The maximum absolute atomic E-state index is 6.27. The van der Waals surface area contributed by atoms with E-state index in [1.807, 2.05) is 25.3 Å². The summed E-state index contributed by atoms with van der Waals surface area (Å²) >= 11 is 12.4. The average Bonchev–Trinajstić information content (AvgIpc) is 3.04. The number of hydrogen-bond donors (Lipinski definition) is 1. The molecule has 0 saturated heterocycles. The SMILES string of the molecule is Cc1[nH]ncc1-c1ccc(C(CCN(C)C)c2ccc(Cl)c(Cl)c2)cc1. The number of nitrogens with one attached hydrogen (secondary N) is 1. The number of H-pyrrole nitrogens is 1. The fourth-order valence-electron chi connectivity index (χ4n) is 3.18. The average molecular weight is 388 g/mol. The van der Waals surface area contributed by atoms with E-state index in [-0.39, 0.29) is 5.92 Å². The summed E-state index contributed by atoms with van der Waals surface area (Å²) < 4.78 is 0. The van der Waals surface area contributed by atoms with Crippen LogP contribution >= 0.6 is 23.2 Å². The van der Waals surface area contributed by atoms with E-state index in [4.69, 9.17) is 23.2 Å². The van der Waals surface area contributed by atoms with Crippen LogP contribution in [0.1, 0.15) is 29.2 Å². The van der Waals surface area contributed by atoms with Gasteiger partial charge in [-0.25, -0.2) is 0 Å². The Balaban J connectivity index is 1.93. The number of benzene rings is 2. The van der Waals surface area contributed by atoms with Gasteiger partial charge >= 0.3 is 0 Å². The molecular weight excluding hydrogens is 365 g/mol. The largest absolute Gasteiger partial charge is 0.309 e. The summed E-state index contributed by atoms with van der Waals surface area (Å²) in [6.07, 6.45) is 2.88. The lowest BCUT2D eigenvalue weighted by molar-refractivity contribution is 0.390. The third kappa shape index (κ3) is 4.29. The zero-order valence-corrected chi connectivity index (χ0v) is 16.8. The number of hydrogen-bond acceptors (Lipinski definition) is 2. The minimum atomic E-state index is 0.270. The molecule has 3 aromatic rings. The Morgan fingerprint density at radius 2 is 1.69 bits per heavy atom. The van der Waals surface area contributed by atoms with Gasteiger partial charge in [-0.15, -0.1) is 0 Å². The maximum Gasteiger partial charge on any atom is 0.0595 e. The monoisotopic (exact) mass is 387 g/mol. The highest BCUT2D eigenvalue weighted by atomic mass is 35.5. The molecule has 2 aromatic carbocycles. The standard InChI is InChI=1S/C21H23Cl2N3/c1-14-19(13-24-25-14)16-6-4-15(5-7-16)18(10-11-26(2)3)17-8-9-20(22)21(23)12-17/h4-9,12-13,18H,10-11H2,1-3H3,(H,24,25). The molecule has 0 aliphatic rings. The van der Waals surface area contributed by atoms with Gasteiger partial charge < -0.3 is 4.90 Å². The predicted octanol–water partition coefficient (Wildman–Crippen LogP) is 5.78. The van der Waals surface area contributed by atoms with Crippen molar-refractivity contribution in [1.82, 2.24) is 15.1 Å². The van der Waals surface area contributed by atoms with Crippen molar-refractivity contribution in [2.24, 2.45) is 0 Å². The van der Waals surface area contributed by atoms with E-state index in [1.54, 1.807) is 0 Å². The smallest absolute Gasteiger partial charge is 0.0595 e. The second-order valence-electron chi connectivity index (χ2n) is 6.85. The van der Waals surface area contributed by atoms with Crippen molar-refractivity contribution >= 4 is 23.2 Å². The summed E-state index contributed by atoms with van der Waals surface area (Å²) in [6.45, 7) is 3.03. The van der Waals surface area contributed by atoms with Gasteiger partial charge in [0.2, 0.25) is 0 Å². The lowest BCUT2D eigenvalue weighted by Crippen LogP contribution is -2.16. The van der Waals surface area contributed by atoms with Crippen LogP contribution in [0.2, 0.25) is 10.0 Å². The van der Waals surface area contributed by atoms with Gasteiger partial charge in [-0.05, 0) is 62.8 Å². The van der Waals surface area contributed by atoms with Gasteiger partial charge in [0, 0.05) is 17.2 Å². The predicted molar refractivity (Wildman–Crippen MR) is 110 cm³/mol.